The van der Waals surface area contributed by atoms with Crippen molar-refractivity contribution >= 4 is 15.9 Å². The van der Waals surface area contributed by atoms with Crippen LogP contribution in [0.3, 0.4) is 0 Å². The summed E-state index contributed by atoms with van der Waals surface area (Å²) in [5.74, 6) is 1.07. The molecule has 0 aromatic carbocycles. The van der Waals surface area contributed by atoms with Gasteiger partial charge in [0.25, 0.3) is 0 Å². The Hall–Kier alpha value is -0.790. The van der Waals surface area contributed by atoms with Crippen molar-refractivity contribution < 1.29 is 4.42 Å². The normalized spacial score (nSPS) is 26.6. The molecule has 1 aromatic heterocycles. The van der Waals surface area contributed by atoms with Crippen LogP contribution in [0, 0.1) is 17.2 Å². The van der Waals surface area contributed by atoms with Gasteiger partial charge in [-0.15, -0.1) is 0 Å². The van der Waals surface area contributed by atoms with Crippen molar-refractivity contribution in [3.63, 3.8) is 0 Å². The Bertz CT molecular complexity index is 396. The molecule has 1 aliphatic carbocycles. The molecule has 0 bridgehead atoms. The Morgan fingerprint density at radius 3 is 3.00 bits per heavy atom. The molecule has 0 amide bonds. The molecule has 1 saturated carbocycles. The minimum Gasteiger partial charge on any atom is -0.453 e. The Morgan fingerprint density at radius 2 is 2.38 bits per heavy atom. The van der Waals surface area contributed by atoms with Crippen molar-refractivity contribution in [1.82, 2.24) is 5.32 Å². The van der Waals surface area contributed by atoms with Crippen molar-refractivity contribution in [2.75, 3.05) is 0 Å². The largest absolute Gasteiger partial charge is 0.453 e. The highest BCUT2D eigenvalue weighted by Crippen LogP contribution is 2.28. The molecule has 1 aliphatic rings. The van der Waals surface area contributed by atoms with E-state index in [0.29, 0.717) is 6.04 Å². The fourth-order valence-electron chi connectivity index (χ4n) is 2.28. The number of nitrogens with zero attached hydrogens (tertiary/aromatic N) is 1. The molecule has 86 valence electrons. The van der Waals surface area contributed by atoms with Gasteiger partial charge in [-0.2, -0.15) is 5.26 Å². The third-order valence-electron chi connectivity index (χ3n) is 3.17. The number of halogens is 1. The Kier molecular flexibility index (Phi) is 3.67. The van der Waals surface area contributed by atoms with E-state index in [9.17, 15) is 0 Å². The van der Waals surface area contributed by atoms with Gasteiger partial charge in [-0.25, -0.2) is 0 Å². The summed E-state index contributed by atoms with van der Waals surface area (Å²) in [4.78, 5) is 0. The molecule has 0 radical (unpaired) electrons. The Balaban J connectivity index is 1.97. The first-order valence-electron chi connectivity index (χ1n) is 5.61. The van der Waals surface area contributed by atoms with Crippen LogP contribution in [-0.2, 0) is 0 Å². The molecule has 4 heteroatoms. The Morgan fingerprint density at radius 1 is 1.56 bits per heavy atom. The molecule has 0 saturated heterocycles. The van der Waals surface area contributed by atoms with Crippen LogP contribution in [0.15, 0.2) is 21.2 Å². The second-order valence-electron chi connectivity index (χ2n) is 4.30. The smallest absolute Gasteiger partial charge is 0.169 e. The third-order valence-corrected chi connectivity index (χ3v) is 3.59. The molecular weight excluding hydrogens is 268 g/mol. The maximum atomic E-state index is 9.00. The summed E-state index contributed by atoms with van der Waals surface area (Å²) in [5.41, 5.74) is 0. The van der Waals surface area contributed by atoms with Gasteiger partial charge < -0.3 is 9.73 Å². The van der Waals surface area contributed by atoms with E-state index in [1.54, 1.807) is 0 Å². The molecule has 0 spiro atoms. The molecule has 2 rings (SSSR count). The van der Waals surface area contributed by atoms with Gasteiger partial charge in [-0.05, 0) is 47.8 Å². The van der Waals surface area contributed by atoms with E-state index in [1.165, 1.54) is 0 Å². The minimum atomic E-state index is 0.154. The first kappa shape index (κ1) is 11.7. The zero-order chi connectivity index (χ0) is 11.5. The van der Waals surface area contributed by atoms with E-state index in [0.717, 1.165) is 29.7 Å². The second kappa shape index (κ2) is 5.03. The molecule has 1 N–H and O–H groups in total. The quantitative estimate of drug-likeness (QED) is 0.925. The van der Waals surface area contributed by atoms with Crippen LogP contribution < -0.4 is 5.32 Å². The summed E-state index contributed by atoms with van der Waals surface area (Å²) < 4.78 is 6.25. The van der Waals surface area contributed by atoms with Gasteiger partial charge in [0.1, 0.15) is 5.76 Å². The predicted octanol–water partition coefficient (Wildman–Crippen LogP) is 3.38. The van der Waals surface area contributed by atoms with Crippen LogP contribution in [0.5, 0.6) is 0 Å². The third kappa shape index (κ3) is 2.47. The molecule has 3 nitrogen and oxygen atoms in total. The van der Waals surface area contributed by atoms with Crippen LogP contribution in [-0.4, -0.2) is 6.04 Å². The highest BCUT2D eigenvalue weighted by atomic mass is 79.9. The maximum Gasteiger partial charge on any atom is 0.169 e. The number of nitrogens with one attached hydrogen (secondary N) is 1. The molecule has 1 fully saturated rings. The lowest BCUT2D eigenvalue weighted by Crippen LogP contribution is -2.33. The van der Waals surface area contributed by atoms with E-state index in [-0.39, 0.29) is 12.0 Å². The summed E-state index contributed by atoms with van der Waals surface area (Å²) in [5, 5.41) is 12.5. The van der Waals surface area contributed by atoms with Crippen LogP contribution in [0.1, 0.15) is 38.0 Å². The van der Waals surface area contributed by atoms with Gasteiger partial charge in [-0.3, -0.25) is 0 Å². The van der Waals surface area contributed by atoms with Gasteiger partial charge in [-0.1, -0.05) is 6.42 Å². The first-order chi connectivity index (χ1) is 7.70. The monoisotopic (exact) mass is 282 g/mol. The number of hydrogen-bond donors (Lipinski definition) is 1. The molecule has 3 atom stereocenters. The van der Waals surface area contributed by atoms with Gasteiger partial charge in [0.05, 0.1) is 18.0 Å². The van der Waals surface area contributed by atoms with Crippen LogP contribution in [0.25, 0.3) is 0 Å². The van der Waals surface area contributed by atoms with Gasteiger partial charge in [0, 0.05) is 6.04 Å². The van der Waals surface area contributed by atoms with Crippen LogP contribution in [0.2, 0.25) is 0 Å². The van der Waals surface area contributed by atoms with E-state index >= 15 is 0 Å². The lowest BCUT2D eigenvalue weighted by molar-refractivity contribution is 0.362. The fourth-order valence-corrected chi connectivity index (χ4v) is 2.60. The molecule has 3 unspecified atom stereocenters. The molecular formula is C12H15BrN2O. The zero-order valence-electron chi connectivity index (χ0n) is 9.24. The highest BCUT2D eigenvalue weighted by Gasteiger charge is 2.28. The highest BCUT2D eigenvalue weighted by molar-refractivity contribution is 9.10. The zero-order valence-corrected chi connectivity index (χ0v) is 10.8. The van der Waals surface area contributed by atoms with Crippen LogP contribution in [0.4, 0.5) is 0 Å². The summed E-state index contributed by atoms with van der Waals surface area (Å²) in [6.07, 6.45) is 3.25. The van der Waals surface area contributed by atoms with Crippen molar-refractivity contribution in [1.29, 1.82) is 5.26 Å². The standard InChI is InChI=1S/C12H15BrN2O/c1-8(11-5-6-12(13)16-11)15-10-4-2-3-9(10)7-14/h5-6,8-10,15H,2-4H2,1H3. The lowest BCUT2D eigenvalue weighted by Gasteiger charge is -2.19. The minimum absolute atomic E-state index is 0.154. The summed E-state index contributed by atoms with van der Waals surface area (Å²) in [7, 11) is 0. The van der Waals surface area contributed by atoms with E-state index in [2.05, 4.69) is 34.2 Å². The Labute approximate surface area is 104 Å². The van der Waals surface area contributed by atoms with Crippen molar-refractivity contribution in [2.24, 2.45) is 5.92 Å². The van der Waals surface area contributed by atoms with E-state index in [1.807, 2.05) is 12.1 Å². The van der Waals surface area contributed by atoms with Gasteiger partial charge in [0.15, 0.2) is 4.67 Å². The molecule has 1 heterocycles. The number of hydrogen-bond acceptors (Lipinski definition) is 3. The summed E-state index contributed by atoms with van der Waals surface area (Å²) >= 11 is 3.29. The van der Waals surface area contributed by atoms with Crippen molar-refractivity contribution in [3.8, 4) is 6.07 Å². The first-order valence-corrected chi connectivity index (χ1v) is 6.41. The number of furan rings is 1. The average molecular weight is 283 g/mol. The summed E-state index contributed by atoms with van der Waals surface area (Å²) in [6.45, 7) is 2.07. The van der Waals surface area contributed by atoms with E-state index < -0.39 is 0 Å². The van der Waals surface area contributed by atoms with Gasteiger partial charge in [0.2, 0.25) is 0 Å². The lowest BCUT2D eigenvalue weighted by atomic mass is 10.0. The van der Waals surface area contributed by atoms with E-state index in [4.69, 9.17) is 9.68 Å². The van der Waals surface area contributed by atoms with Crippen LogP contribution >= 0.6 is 15.9 Å². The topological polar surface area (TPSA) is 49.0 Å². The second-order valence-corrected chi connectivity index (χ2v) is 5.08. The molecule has 16 heavy (non-hydrogen) atoms. The SMILES string of the molecule is CC(NC1CCCC1C#N)c1ccc(Br)o1. The maximum absolute atomic E-state index is 9.00. The number of rotatable bonds is 3. The molecule has 1 aromatic rings. The fraction of sp³-hybridized carbons (Fsp3) is 0.583. The average Bonchev–Trinajstić information content (AvgIpc) is 2.86. The van der Waals surface area contributed by atoms with Crippen molar-refractivity contribution in [2.45, 2.75) is 38.3 Å². The van der Waals surface area contributed by atoms with Gasteiger partial charge >= 0.3 is 0 Å². The molecule has 0 aliphatic heterocycles. The predicted molar refractivity (Wildman–Crippen MR) is 64.7 cm³/mol. The number of nitriles is 1. The summed E-state index contributed by atoms with van der Waals surface area (Å²) in [6, 6.07) is 6.69. The van der Waals surface area contributed by atoms with Crippen molar-refractivity contribution in [3.05, 3.63) is 22.6 Å².